The molecule has 0 heterocycles. The van der Waals surface area contributed by atoms with Gasteiger partial charge in [-0.3, -0.25) is 9.59 Å². The lowest BCUT2D eigenvalue weighted by molar-refractivity contribution is -0.141. The van der Waals surface area contributed by atoms with Crippen LogP contribution in [0.3, 0.4) is 0 Å². The smallest absolute Gasteiger partial charge is 0.408 e. The molecular formula is C36H49N3O4S. The molecule has 0 aliphatic heterocycles. The predicted molar refractivity (Wildman–Crippen MR) is 183 cm³/mol. The van der Waals surface area contributed by atoms with Gasteiger partial charge in [0, 0.05) is 12.2 Å². The predicted octanol–water partition coefficient (Wildman–Crippen LogP) is 8.27. The van der Waals surface area contributed by atoms with Gasteiger partial charge in [-0.25, -0.2) is 4.79 Å². The van der Waals surface area contributed by atoms with E-state index < -0.39 is 23.8 Å². The molecule has 3 aromatic carbocycles. The van der Waals surface area contributed by atoms with Gasteiger partial charge in [0.05, 0.1) is 0 Å². The minimum atomic E-state index is -0.891. The fourth-order valence-electron chi connectivity index (χ4n) is 5.19. The number of fused-ring (bicyclic) bond motifs is 1. The molecule has 7 nitrogen and oxygen atoms in total. The van der Waals surface area contributed by atoms with Crippen LogP contribution in [0.25, 0.3) is 10.8 Å². The Bertz CT molecular complexity index is 1390. The van der Waals surface area contributed by atoms with Gasteiger partial charge in [0.2, 0.25) is 5.91 Å². The van der Waals surface area contributed by atoms with Crippen molar-refractivity contribution >= 4 is 46.1 Å². The number of amides is 3. The van der Waals surface area contributed by atoms with Crippen LogP contribution in [0.15, 0.2) is 66.7 Å². The van der Waals surface area contributed by atoms with E-state index in [2.05, 4.69) is 17.6 Å². The Hall–Kier alpha value is -3.52. The van der Waals surface area contributed by atoms with Crippen LogP contribution in [-0.4, -0.2) is 53.0 Å². The van der Waals surface area contributed by atoms with E-state index in [9.17, 15) is 14.4 Å². The third kappa shape index (κ3) is 10.9. The van der Waals surface area contributed by atoms with Gasteiger partial charge in [-0.05, 0) is 81.0 Å². The zero-order valence-electron chi connectivity index (χ0n) is 27.2. The summed E-state index contributed by atoms with van der Waals surface area (Å²) >= 11 is 1.60. The number of hydrogen-bond donors (Lipinski definition) is 2. The van der Waals surface area contributed by atoms with Crippen LogP contribution < -0.4 is 10.6 Å². The molecule has 8 heteroatoms. The number of ether oxygens (including phenoxy) is 1. The van der Waals surface area contributed by atoms with Crippen LogP contribution in [0.4, 0.5) is 10.5 Å². The number of nitrogens with one attached hydrogen (secondary N) is 2. The van der Waals surface area contributed by atoms with Gasteiger partial charge in [0.25, 0.3) is 5.91 Å². The van der Waals surface area contributed by atoms with E-state index in [1.165, 1.54) is 0 Å². The molecule has 3 amide bonds. The van der Waals surface area contributed by atoms with Crippen LogP contribution in [0.1, 0.15) is 83.4 Å². The molecule has 0 aliphatic rings. The maximum atomic E-state index is 14.5. The van der Waals surface area contributed by atoms with Crippen molar-refractivity contribution in [1.82, 2.24) is 10.2 Å². The number of nitrogens with zero attached hydrogens (tertiary/aromatic N) is 1. The molecular weight excluding hydrogens is 570 g/mol. The van der Waals surface area contributed by atoms with Crippen molar-refractivity contribution in [3.05, 3.63) is 77.9 Å². The summed E-state index contributed by atoms with van der Waals surface area (Å²) in [5.41, 5.74) is 1.67. The summed E-state index contributed by atoms with van der Waals surface area (Å²) in [6.07, 6.45) is 6.72. The van der Waals surface area contributed by atoms with E-state index in [1.54, 1.807) is 37.4 Å². The highest BCUT2D eigenvalue weighted by molar-refractivity contribution is 7.98. The minimum Gasteiger partial charge on any atom is -0.444 e. The van der Waals surface area contributed by atoms with Crippen molar-refractivity contribution in [2.45, 2.75) is 90.8 Å². The molecule has 3 rings (SSSR count). The molecule has 2 N–H and O–H groups in total. The molecule has 0 fully saturated rings. The maximum absolute atomic E-state index is 14.5. The van der Waals surface area contributed by atoms with E-state index >= 15 is 0 Å². The third-order valence-corrected chi connectivity index (χ3v) is 7.96. The van der Waals surface area contributed by atoms with E-state index in [1.807, 2.05) is 79.9 Å². The monoisotopic (exact) mass is 619 g/mol. The summed E-state index contributed by atoms with van der Waals surface area (Å²) in [6, 6.07) is 19.8. The fourth-order valence-corrected chi connectivity index (χ4v) is 5.66. The van der Waals surface area contributed by atoms with Gasteiger partial charge in [-0.2, -0.15) is 11.8 Å². The molecule has 44 heavy (non-hydrogen) atoms. The minimum absolute atomic E-state index is 0.291. The van der Waals surface area contributed by atoms with E-state index in [4.69, 9.17) is 4.74 Å². The summed E-state index contributed by atoms with van der Waals surface area (Å²) in [4.78, 5) is 43.3. The number of carbonyl (C=O) groups is 3. The molecule has 0 aromatic heterocycles. The molecule has 0 bridgehead atoms. The number of thioether (sulfide) groups is 1. The summed E-state index contributed by atoms with van der Waals surface area (Å²) in [6.45, 7) is 9.90. The Labute approximate surface area is 267 Å². The quantitative estimate of drug-likeness (QED) is 0.167. The van der Waals surface area contributed by atoms with Gasteiger partial charge in [0.1, 0.15) is 17.7 Å². The highest BCUT2D eigenvalue weighted by Gasteiger charge is 2.36. The number of anilines is 1. The number of carbonyl (C=O) groups excluding carboxylic acids is 3. The van der Waals surface area contributed by atoms with Crippen LogP contribution in [-0.2, 0) is 14.3 Å². The maximum Gasteiger partial charge on any atom is 0.408 e. The summed E-state index contributed by atoms with van der Waals surface area (Å²) < 4.78 is 5.52. The largest absolute Gasteiger partial charge is 0.444 e. The van der Waals surface area contributed by atoms with Crippen molar-refractivity contribution in [2.75, 3.05) is 23.9 Å². The van der Waals surface area contributed by atoms with Gasteiger partial charge in [-0.1, -0.05) is 92.8 Å². The lowest BCUT2D eigenvalue weighted by atomic mass is 9.99. The van der Waals surface area contributed by atoms with Crippen molar-refractivity contribution in [3.63, 3.8) is 0 Å². The normalized spacial score (nSPS) is 12.8. The first-order valence-electron chi connectivity index (χ1n) is 15.7. The Morgan fingerprint density at radius 2 is 1.64 bits per heavy atom. The third-order valence-electron chi connectivity index (χ3n) is 7.32. The number of alkyl carbamates (subject to hydrolysis) is 1. The van der Waals surface area contributed by atoms with Crippen molar-refractivity contribution in [1.29, 1.82) is 0 Å². The number of rotatable bonds is 15. The lowest BCUT2D eigenvalue weighted by Gasteiger charge is -2.35. The number of hydrogen-bond acceptors (Lipinski definition) is 5. The van der Waals surface area contributed by atoms with Crippen molar-refractivity contribution in [3.8, 4) is 0 Å². The second-order valence-corrected chi connectivity index (χ2v) is 13.3. The highest BCUT2D eigenvalue weighted by atomic mass is 32.2. The first kappa shape index (κ1) is 35.0. The standard InChI is InChI=1S/C36H49N3O4S/c1-7-8-9-10-13-22-39(34(41)31(21-23-44-6)38-35(42)43-36(3,4)5)32(29-18-14-15-26(2)24-29)33(40)37-30-20-19-27-16-11-12-17-28(27)25-30/h11-12,14-20,24-25,31-32H,7-10,13,21-23H2,1-6H3,(H,37,40)(H,38,42). The lowest BCUT2D eigenvalue weighted by Crippen LogP contribution is -2.52. The molecule has 2 atom stereocenters. The Kier molecular flexibility index (Phi) is 13.6. The molecule has 0 spiro atoms. The summed E-state index contributed by atoms with van der Waals surface area (Å²) in [5, 5.41) is 8.02. The Morgan fingerprint density at radius 3 is 2.32 bits per heavy atom. The van der Waals surface area contributed by atoms with Gasteiger partial charge >= 0.3 is 6.09 Å². The van der Waals surface area contributed by atoms with Crippen LogP contribution in [0, 0.1) is 6.92 Å². The number of benzene rings is 3. The van der Waals surface area contributed by atoms with Gasteiger partial charge in [-0.15, -0.1) is 0 Å². The first-order valence-corrected chi connectivity index (χ1v) is 17.1. The Morgan fingerprint density at radius 1 is 0.909 bits per heavy atom. The van der Waals surface area contributed by atoms with Crippen LogP contribution in [0.5, 0.6) is 0 Å². The zero-order chi connectivity index (χ0) is 32.1. The summed E-state index contributed by atoms with van der Waals surface area (Å²) in [7, 11) is 0. The van der Waals surface area contributed by atoms with Crippen LogP contribution in [0.2, 0.25) is 0 Å². The highest BCUT2D eigenvalue weighted by Crippen LogP contribution is 2.28. The first-order chi connectivity index (χ1) is 21.0. The van der Waals surface area contributed by atoms with Crippen molar-refractivity contribution < 1.29 is 19.1 Å². The van der Waals surface area contributed by atoms with E-state index in [-0.39, 0.29) is 11.8 Å². The average molecular weight is 620 g/mol. The van der Waals surface area contributed by atoms with Crippen molar-refractivity contribution in [2.24, 2.45) is 0 Å². The average Bonchev–Trinajstić information content (AvgIpc) is 2.97. The molecule has 2 unspecified atom stereocenters. The zero-order valence-corrected chi connectivity index (χ0v) is 28.0. The molecule has 0 saturated heterocycles. The SMILES string of the molecule is CCCCCCCN(C(=O)C(CCSC)NC(=O)OC(C)(C)C)C(C(=O)Nc1ccc2ccccc2c1)c1cccc(C)c1. The van der Waals surface area contributed by atoms with Crippen LogP contribution >= 0.6 is 11.8 Å². The summed E-state index contributed by atoms with van der Waals surface area (Å²) in [5.74, 6) is 0.0730. The Balaban J connectivity index is 2.01. The van der Waals surface area contributed by atoms with E-state index in [0.717, 1.165) is 54.0 Å². The molecule has 0 radical (unpaired) electrons. The second-order valence-electron chi connectivity index (χ2n) is 12.3. The fraction of sp³-hybridized carbons (Fsp3) is 0.472. The topological polar surface area (TPSA) is 87.7 Å². The molecule has 3 aromatic rings. The number of aryl methyl sites for hydroxylation is 1. The second kappa shape index (κ2) is 17.1. The number of unbranched alkanes of at least 4 members (excludes halogenated alkanes) is 4. The van der Waals surface area contributed by atoms with Gasteiger partial charge < -0.3 is 20.3 Å². The molecule has 0 saturated carbocycles. The molecule has 0 aliphatic carbocycles. The molecule has 238 valence electrons. The van der Waals surface area contributed by atoms with Gasteiger partial charge in [0.15, 0.2) is 0 Å². The van der Waals surface area contributed by atoms with E-state index in [0.29, 0.717) is 24.4 Å².